The molecule has 0 aromatic heterocycles. The van der Waals surface area contributed by atoms with Crippen LogP contribution in [0.4, 0.5) is 0 Å². The van der Waals surface area contributed by atoms with Crippen LogP contribution in [0.2, 0.25) is 0 Å². The molecular formula is C12H18O5. The van der Waals surface area contributed by atoms with E-state index >= 15 is 0 Å². The lowest BCUT2D eigenvalue weighted by Crippen LogP contribution is -2.57. The van der Waals surface area contributed by atoms with Gasteiger partial charge in [-0.3, -0.25) is 9.59 Å². The van der Waals surface area contributed by atoms with E-state index in [4.69, 9.17) is 4.74 Å². The van der Waals surface area contributed by atoms with Gasteiger partial charge in [-0.05, 0) is 25.7 Å². The molecule has 17 heavy (non-hydrogen) atoms. The molecule has 1 saturated heterocycles. The lowest BCUT2D eigenvalue weighted by molar-refractivity contribution is -0.180. The molecule has 0 aromatic carbocycles. The summed E-state index contributed by atoms with van der Waals surface area (Å²) in [5.41, 5.74) is -2.46. The van der Waals surface area contributed by atoms with E-state index in [2.05, 4.69) is 0 Å². The number of carboxylic acid groups (broad SMARTS) is 2. The molecule has 2 fully saturated rings. The van der Waals surface area contributed by atoms with Gasteiger partial charge in [-0.25, -0.2) is 0 Å². The van der Waals surface area contributed by atoms with Crippen molar-refractivity contribution >= 4 is 11.9 Å². The number of fused-ring (bicyclic) bond motifs is 1. The van der Waals surface area contributed by atoms with Crippen molar-refractivity contribution in [2.45, 2.75) is 51.7 Å². The van der Waals surface area contributed by atoms with E-state index in [-0.39, 0.29) is 6.10 Å². The highest BCUT2D eigenvalue weighted by Crippen LogP contribution is 2.62. The lowest BCUT2D eigenvalue weighted by Gasteiger charge is -2.45. The van der Waals surface area contributed by atoms with Gasteiger partial charge in [0.25, 0.3) is 0 Å². The second-order valence-corrected chi connectivity index (χ2v) is 5.00. The van der Waals surface area contributed by atoms with Crippen molar-refractivity contribution in [3.63, 3.8) is 0 Å². The minimum absolute atomic E-state index is 0.0509. The quantitative estimate of drug-likeness (QED) is 0.729. The first kappa shape index (κ1) is 12.4. The summed E-state index contributed by atoms with van der Waals surface area (Å²) in [6, 6.07) is 0. The van der Waals surface area contributed by atoms with Crippen LogP contribution in [0.15, 0.2) is 0 Å². The van der Waals surface area contributed by atoms with Gasteiger partial charge in [-0.1, -0.05) is 13.8 Å². The highest BCUT2D eigenvalue weighted by Gasteiger charge is 2.72. The van der Waals surface area contributed by atoms with Crippen molar-refractivity contribution < 1.29 is 24.5 Å². The SMILES string of the molecule is CCC1(C(=O)O)CCC2OC2C1(CC)C(=O)O. The van der Waals surface area contributed by atoms with E-state index in [1.54, 1.807) is 13.8 Å². The molecule has 1 aliphatic heterocycles. The molecule has 0 aromatic rings. The molecule has 96 valence electrons. The maximum atomic E-state index is 11.7. The molecule has 0 radical (unpaired) electrons. The maximum Gasteiger partial charge on any atom is 0.313 e. The smallest absolute Gasteiger partial charge is 0.313 e. The van der Waals surface area contributed by atoms with Crippen LogP contribution in [0, 0.1) is 10.8 Å². The number of carboxylic acids is 2. The Balaban J connectivity index is 2.54. The summed E-state index contributed by atoms with van der Waals surface area (Å²) in [5.74, 6) is -2.03. The largest absolute Gasteiger partial charge is 0.481 e. The summed E-state index contributed by atoms with van der Waals surface area (Å²) in [5, 5.41) is 19.1. The molecule has 1 aliphatic carbocycles. The topological polar surface area (TPSA) is 87.1 Å². The Bertz CT molecular complexity index is 366. The van der Waals surface area contributed by atoms with Gasteiger partial charge >= 0.3 is 11.9 Å². The zero-order valence-corrected chi connectivity index (χ0v) is 10.1. The third-order valence-electron chi connectivity index (χ3n) is 4.73. The van der Waals surface area contributed by atoms with Crippen molar-refractivity contribution in [1.29, 1.82) is 0 Å². The van der Waals surface area contributed by atoms with Crippen LogP contribution < -0.4 is 0 Å². The van der Waals surface area contributed by atoms with Crippen LogP contribution in [0.1, 0.15) is 39.5 Å². The Morgan fingerprint density at radius 3 is 2.29 bits per heavy atom. The molecule has 0 amide bonds. The standard InChI is InChI=1S/C12H18O5/c1-3-11(9(13)14)6-5-7-8(17-7)12(11,4-2)10(15)16/h7-8H,3-6H2,1-2H3,(H,13,14)(H,15,16). The predicted octanol–water partition coefficient (Wildman–Crippen LogP) is 1.51. The predicted molar refractivity (Wildman–Crippen MR) is 58.6 cm³/mol. The molecule has 2 aliphatic rings. The Hall–Kier alpha value is -1.10. The number of hydrogen-bond acceptors (Lipinski definition) is 3. The second kappa shape index (κ2) is 3.70. The van der Waals surface area contributed by atoms with Crippen molar-refractivity contribution in [3.05, 3.63) is 0 Å². The van der Waals surface area contributed by atoms with Crippen LogP contribution in [0.25, 0.3) is 0 Å². The Labute approximate surface area is 99.8 Å². The number of rotatable bonds is 4. The Morgan fingerprint density at radius 1 is 1.24 bits per heavy atom. The van der Waals surface area contributed by atoms with E-state index in [0.29, 0.717) is 25.7 Å². The number of carbonyl (C=O) groups is 2. The van der Waals surface area contributed by atoms with Gasteiger partial charge in [-0.15, -0.1) is 0 Å². The molecule has 5 heteroatoms. The normalized spacial score (nSPS) is 43.9. The summed E-state index contributed by atoms with van der Waals surface area (Å²) in [4.78, 5) is 23.3. The zero-order valence-electron chi connectivity index (χ0n) is 10.1. The van der Waals surface area contributed by atoms with Gasteiger partial charge < -0.3 is 14.9 Å². The molecule has 0 bridgehead atoms. The Morgan fingerprint density at radius 2 is 1.88 bits per heavy atom. The van der Waals surface area contributed by atoms with Crippen LogP contribution in [0.5, 0.6) is 0 Å². The first-order chi connectivity index (χ1) is 7.96. The summed E-state index contributed by atoms with van der Waals surface area (Å²) < 4.78 is 5.41. The number of ether oxygens (including phenoxy) is 1. The molecule has 4 atom stereocenters. The molecule has 1 heterocycles. The summed E-state index contributed by atoms with van der Waals surface area (Å²) in [7, 11) is 0. The molecule has 2 rings (SSSR count). The van der Waals surface area contributed by atoms with Crippen molar-refractivity contribution in [3.8, 4) is 0 Å². The average molecular weight is 242 g/mol. The summed E-state index contributed by atoms with van der Waals surface area (Å²) in [6.07, 6.45) is 1.19. The third kappa shape index (κ3) is 1.29. The van der Waals surface area contributed by atoms with Crippen LogP contribution in [0.3, 0.4) is 0 Å². The number of hydrogen-bond donors (Lipinski definition) is 2. The lowest BCUT2D eigenvalue weighted by atomic mass is 9.53. The third-order valence-corrected chi connectivity index (χ3v) is 4.73. The van der Waals surface area contributed by atoms with E-state index < -0.39 is 28.9 Å². The molecule has 2 N–H and O–H groups in total. The first-order valence-electron chi connectivity index (χ1n) is 6.08. The fourth-order valence-electron chi connectivity index (χ4n) is 3.64. The van der Waals surface area contributed by atoms with Crippen molar-refractivity contribution in [2.75, 3.05) is 0 Å². The van der Waals surface area contributed by atoms with E-state index in [1.165, 1.54) is 0 Å². The minimum Gasteiger partial charge on any atom is -0.481 e. The van der Waals surface area contributed by atoms with Crippen LogP contribution in [-0.2, 0) is 14.3 Å². The minimum atomic E-state index is -1.27. The van der Waals surface area contributed by atoms with Gasteiger partial charge in [-0.2, -0.15) is 0 Å². The van der Waals surface area contributed by atoms with Crippen LogP contribution in [-0.4, -0.2) is 34.4 Å². The second-order valence-electron chi connectivity index (χ2n) is 5.00. The Kier molecular flexibility index (Phi) is 2.69. The molecule has 1 saturated carbocycles. The fraction of sp³-hybridized carbons (Fsp3) is 0.833. The van der Waals surface area contributed by atoms with E-state index in [1.807, 2.05) is 0 Å². The van der Waals surface area contributed by atoms with Gasteiger partial charge in [0.05, 0.1) is 11.5 Å². The van der Waals surface area contributed by atoms with E-state index in [0.717, 1.165) is 0 Å². The first-order valence-corrected chi connectivity index (χ1v) is 6.08. The zero-order chi connectivity index (χ0) is 12.8. The molecule has 0 spiro atoms. The van der Waals surface area contributed by atoms with Gasteiger partial charge in [0.2, 0.25) is 0 Å². The highest BCUT2D eigenvalue weighted by molar-refractivity contribution is 5.88. The number of epoxide rings is 1. The molecular weight excluding hydrogens is 224 g/mol. The van der Waals surface area contributed by atoms with E-state index in [9.17, 15) is 19.8 Å². The average Bonchev–Trinajstić information content (AvgIpc) is 3.05. The van der Waals surface area contributed by atoms with Crippen molar-refractivity contribution in [1.82, 2.24) is 0 Å². The number of aliphatic carboxylic acids is 2. The highest BCUT2D eigenvalue weighted by atomic mass is 16.6. The molecule has 4 unspecified atom stereocenters. The summed E-state index contributed by atoms with van der Waals surface area (Å²) in [6.45, 7) is 3.50. The van der Waals surface area contributed by atoms with Gasteiger partial charge in [0, 0.05) is 0 Å². The van der Waals surface area contributed by atoms with Gasteiger partial charge in [0.1, 0.15) is 11.5 Å². The molecule has 5 nitrogen and oxygen atoms in total. The van der Waals surface area contributed by atoms with Crippen LogP contribution >= 0.6 is 0 Å². The monoisotopic (exact) mass is 242 g/mol. The van der Waals surface area contributed by atoms with Gasteiger partial charge in [0.15, 0.2) is 0 Å². The fourth-order valence-corrected chi connectivity index (χ4v) is 3.64. The summed E-state index contributed by atoms with van der Waals surface area (Å²) >= 11 is 0. The van der Waals surface area contributed by atoms with Crippen molar-refractivity contribution in [2.24, 2.45) is 10.8 Å². The maximum absolute atomic E-state index is 11.7.